The largest absolute Gasteiger partial charge is 0.492 e. The van der Waals surface area contributed by atoms with Gasteiger partial charge >= 0.3 is 0 Å². The number of hydrogen-bond donors (Lipinski definition) is 1. The van der Waals surface area contributed by atoms with Crippen molar-refractivity contribution in [2.75, 3.05) is 6.61 Å². The second-order valence-corrected chi connectivity index (χ2v) is 4.95. The summed E-state index contributed by atoms with van der Waals surface area (Å²) in [5.41, 5.74) is 7.10. The highest BCUT2D eigenvalue weighted by Gasteiger charge is 2.32. The van der Waals surface area contributed by atoms with Crippen LogP contribution < -0.4 is 10.5 Å². The van der Waals surface area contributed by atoms with Crippen molar-refractivity contribution in [3.63, 3.8) is 0 Å². The predicted molar refractivity (Wildman–Crippen MR) is 67.3 cm³/mol. The fraction of sp³-hybridized carbons (Fsp3) is 0.500. The monoisotopic (exact) mass is 259 g/mol. The zero-order valence-electron chi connectivity index (χ0n) is 9.17. The fourth-order valence-electron chi connectivity index (χ4n) is 1.83. The molecule has 1 saturated carbocycles. The molecule has 1 aliphatic carbocycles. The molecule has 4 heteroatoms. The molecule has 1 atom stereocenters. The number of hydrogen-bond acceptors (Lipinski definition) is 2. The van der Waals surface area contributed by atoms with Crippen LogP contribution in [-0.4, -0.2) is 6.61 Å². The van der Waals surface area contributed by atoms with Crippen LogP contribution in [0.2, 0.25) is 10.0 Å². The second kappa shape index (κ2) is 4.82. The molecule has 0 aromatic heterocycles. The summed E-state index contributed by atoms with van der Waals surface area (Å²) in [5.74, 6) is 1.24. The quantitative estimate of drug-likeness (QED) is 0.893. The van der Waals surface area contributed by atoms with Gasteiger partial charge in [0.05, 0.1) is 11.6 Å². The molecule has 1 aliphatic rings. The summed E-state index contributed by atoms with van der Waals surface area (Å²) in [5, 5.41) is 1.15. The van der Waals surface area contributed by atoms with Gasteiger partial charge < -0.3 is 10.5 Å². The highest BCUT2D eigenvalue weighted by molar-refractivity contribution is 6.35. The van der Waals surface area contributed by atoms with Crippen molar-refractivity contribution >= 4 is 23.2 Å². The van der Waals surface area contributed by atoms with Crippen LogP contribution >= 0.6 is 23.2 Å². The van der Waals surface area contributed by atoms with Crippen LogP contribution in [0.15, 0.2) is 12.1 Å². The zero-order valence-corrected chi connectivity index (χ0v) is 10.7. The standard InChI is InChI=1S/C12H15Cl2NO/c1-2-16-12-9(11(15)7-3-4-7)5-8(13)6-10(12)14/h5-7,11H,2-4,15H2,1H3. The summed E-state index contributed by atoms with van der Waals surface area (Å²) in [6.45, 7) is 2.50. The van der Waals surface area contributed by atoms with Crippen molar-refractivity contribution in [1.82, 2.24) is 0 Å². The first kappa shape index (κ1) is 12.0. The van der Waals surface area contributed by atoms with Crippen LogP contribution in [-0.2, 0) is 0 Å². The Hall–Kier alpha value is -0.440. The Kier molecular flexibility index (Phi) is 3.63. The predicted octanol–water partition coefficient (Wildman–Crippen LogP) is 3.80. The van der Waals surface area contributed by atoms with Crippen molar-refractivity contribution in [3.8, 4) is 5.75 Å². The van der Waals surface area contributed by atoms with Gasteiger partial charge in [0.15, 0.2) is 0 Å². The molecule has 2 N–H and O–H groups in total. The molecule has 0 radical (unpaired) electrons. The lowest BCUT2D eigenvalue weighted by Crippen LogP contribution is -2.14. The maximum absolute atomic E-state index is 6.17. The van der Waals surface area contributed by atoms with E-state index >= 15 is 0 Å². The van der Waals surface area contributed by atoms with Gasteiger partial charge in [-0.1, -0.05) is 23.2 Å². The molecule has 0 aliphatic heterocycles. The van der Waals surface area contributed by atoms with Gasteiger partial charge in [0.25, 0.3) is 0 Å². The number of ether oxygens (including phenoxy) is 1. The van der Waals surface area contributed by atoms with E-state index < -0.39 is 0 Å². The van der Waals surface area contributed by atoms with Gasteiger partial charge in [-0.15, -0.1) is 0 Å². The number of benzene rings is 1. The van der Waals surface area contributed by atoms with Crippen LogP contribution in [0, 0.1) is 5.92 Å². The maximum atomic E-state index is 6.17. The van der Waals surface area contributed by atoms with E-state index in [1.807, 2.05) is 13.0 Å². The van der Waals surface area contributed by atoms with Crippen LogP contribution in [0.3, 0.4) is 0 Å². The number of nitrogens with two attached hydrogens (primary N) is 1. The van der Waals surface area contributed by atoms with E-state index in [1.165, 1.54) is 12.8 Å². The van der Waals surface area contributed by atoms with E-state index in [2.05, 4.69) is 0 Å². The van der Waals surface area contributed by atoms with Crippen molar-refractivity contribution in [2.24, 2.45) is 11.7 Å². The molecular formula is C12H15Cl2NO. The highest BCUT2D eigenvalue weighted by Crippen LogP contribution is 2.44. The summed E-state index contributed by atoms with van der Waals surface area (Å²) in [6, 6.07) is 3.54. The van der Waals surface area contributed by atoms with Crippen LogP contribution in [0.25, 0.3) is 0 Å². The second-order valence-electron chi connectivity index (χ2n) is 4.10. The SMILES string of the molecule is CCOc1c(Cl)cc(Cl)cc1C(N)C1CC1. The first-order valence-electron chi connectivity index (χ1n) is 5.50. The van der Waals surface area contributed by atoms with E-state index in [0.717, 1.165) is 5.56 Å². The minimum atomic E-state index is -0.0160. The Morgan fingerprint density at radius 2 is 2.12 bits per heavy atom. The molecule has 0 bridgehead atoms. The van der Waals surface area contributed by atoms with E-state index in [0.29, 0.717) is 28.3 Å². The summed E-state index contributed by atoms with van der Waals surface area (Å²) in [7, 11) is 0. The third-order valence-electron chi connectivity index (χ3n) is 2.81. The van der Waals surface area contributed by atoms with E-state index in [9.17, 15) is 0 Å². The van der Waals surface area contributed by atoms with Crippen LogP contribution in [0.5, 0.6) is 5.75 Å². The van der Waals surface area contributed by atoms with Crippen molar-refractivity contribution in [1.29, 1.82) is 0 Å². The van der Waals surface area contributed by atoms with Crippen molar-refractivity contribution < 1.29 is 4.74 Å². The van der Waals surface area contributed by atoms with Gasteiger partial charge in [0.2, 0.25) is 0 Å². The summed E-state index contributed by atoms with van der Waals surface area (Å²) in [6.07, 6.45) is 2.35. The molecule has 0 heterocycles. The lowest BCUT2D eigenvalue weighted by atomic mass is 10.0. The average Bonchev–Trinajstić information content (AvgIpc) is 3.04. The van der Waals surface area contributed by atoms with Gasteiger partial charge in [-0.3, -0.25) is 0 Å². The van der Waals surface area contributed by atoms with E-state index in [1.54, 1.807) is 6.07 Å². The molecule has 2 nitrogen and oxygen atoms in total. The smallest absolute Gasteiger partial charge is 0.142 e. The Balaban J connectivity index is 2.38. The minimum absolute atomic E-state index is 0.0160. The minimum Gasteiger partial charge on any atom is -0.492 e. The molecule has 1 aromatic rings. The van der Waals surface area contributed by atoms with Crippen LogP contribution in [0.1, 0.15) is 31.4 Å². The third kappa shape index (κ3) is 2.45. The summed E-state index contributed by atoms with van der Waals surface area (Å²) < 4.78 is 5.55. The van der Waals surface area contributed by atoms with Gasteiger partial charge in [0, 0.05) is 16.6 Å². The fourth-order valence-corrected chi connectivity index (χ4v) is 2.40. The van der Waals surface area contributed by atoms with E-state index in [4.69, 9.17) is 33.7 Å². The summed E-state index contributed by atoms with van der Waals surface area (Å²) in [4.78, 5) is 0. The normalized spacial score (nSPS) is 17.2. The molecule has 1 fully saturated rings. The Morgan fingerprint density at radius 1 is 1.44 bits per heavy atom. The topological polar surface area (TPSA) is 35.2 Å². The molecule has 0 amide bonds. The molecule has 0 saturated heterocycles. The number of halogens is 2. The first-order chi connectivity index (χ1) is 7.63. The van der Waals surface area contributed by atoms with Gasteiger partial charge in [-0.05, 0) is 37.8 Å². The van der Waals surface area contributed by atoms with Crippen LogP contribution in [0.4, 0.5) is 0 Å². The van der Waals surface area contributed by atoms with Crippen molar-refractivity contribution in [3.05, 3.63) is 27.7 Å². The Morgan fingerprint density at radius 3 is 2.69 bits per heavy atom. The molecule has 16 heavy (non-hydrogen) atoms. The lowest BCUT2D eigenvalue weighted by Gasteiger charge is -2.17. The lowest BCUT2D eigenvalue weighted by molar-refractivity contribution is 0.333. The molecular weight excluding hydrogens is 245 g/mol. The van der Waals surface area contributed by atoms with Gasteiger partial charge in [-0.2, -0.15) is 0 Å². The first-order valence-corrected chi connectivity index (χ1v) is 6.26. The van der Waals surface area contributed by atoms with Crippen molar-refractivity contribution in [2.45, 2.75) is 25.8 Å². The maximum Gasteiger partial charge on any atom is 0.142 e. The van der Waals surface area contributed by atoms with Gasteiger partial charge in [-0.25, -0.2) is 0 Å². The third-order valence-corrected chi connectivity index (χ3v) is 3.31. The molecule has 1 aromatic carbocycles. The summed E-state index contributed by atoms with van der Waals surface area (Å²) >= 11 is 12.1. The van der Waals surface area contributed by atoms with E-state index in [-0.39, 0.29) is 6.04 Å². The zero-order chi connectivity index (χ0) is 11.7. The Bertz CT molecular complexity index is 391. The Labute approximate surface area is 106 Å². The number of rotatable bonds is 4. The molecule has 88 valence electrons. The average molecular weight is 260 g/mol. The van der Waals surface area contributed by atoms with Gasteiger partial charge in [0.1, 0.15) is 5.75 Å². The molecule has 0 spiro atoms. The molecule has 2 rings (SSSR count). The molecule has 1 unspecified atom stereocenters. The highest BCUT2D eigenvalue weighted by atomic mass is 35.5.